The molecule has 1 spiro atoms. The minimum Gasteiger partial charge on any atom is -0.481 e. The molecule has 0 unspecified atom stereocenters. The predicted molar refractivity (Wildman–Crippen MR) is 191 cm³/mol. The maximum absolute atomic E-state index is 14.1. The van der Waals surface area contributed by atoms with Gasteiger partial charge in [0, 0.05) is 80.2 Å². The summed E-state index contributed by atoms with van der Waals surface area (Å²) >= 11 is 0. The van der Waals surface area contributed by atoms with Crippen LogP contribution in [0.2, 0.25) is 0 Å². The molecule has 9 rings (SSSR count). The summed E-state index contributed by atoms with van der Waals surface area (Å²) in [6.07, 6.45) is 1.75. The zero-order valence-electron chi connectivity index (χ0n) is 29.2. The molecule has 1 amide bonds. The number of hydrogen-bond acceptors (Lipinski definition) is 8. The highest BCUT2D eigenvalue weighted by Crippen LogP contribution is 2.53. The number of hydrogen-bond donors (Lipinski definition) is 1. The molecule has 2 aromatic carbocycles. The lowest BCUT2D eigenvalue weighted by atomic mass is 9.72. The minimum atomic E-state index is -4.58. The van der Waals surface area contributed by atoms with E-state index >= 15 is 0 Å². The van der Waals surface area contributed by atoms with E-state index in [1.807, 2.05) is 28.9 Å². The van der Waals surface area contributed by atoms with Gasteiger partial charge in [0.25, 0.3) is 0 Å². The average molecular weight is 719 g/mol. The van der Waals surface area contributed by atoms with E-state index in [1.54, 1.807) is 6.20 Å². The van der Waals surface area contributed by atoms with Crippen molar-refractivity contribution in [3.63, 3.8) is 0 Å². The molecule has 1 saturated carbocycles. The highest BCUT2D eigenvalue weighted by atomic mass is 19.4. The summed E-state index contributed by atoms with van der Waals surface area (Å²) in [4.78, 5) is 30.7. The maximum atomic E-state index is 14.1. The van der Waals surface area contributed by atoms with Gasteiger partial charge in [-0.05, 0) is 79.8 Å². The Kier molecular flexibility index (Phi) is 7.90. The monoisotopic (exact) mass is 718 g/mol. The van der Waals surface area contributed by atoms with Gasteiger partial charge in [-0.3, -0.25) is 14.8 Å². The molecule has 52 heavy (non-hydrogen) atoms. The number of amides is 1. The van der Waals surface area contributed by atoms with Gasteiger partial charge >= 0.3 is 6.18 Å². The molecule has 2 aromatic heterocycles. The molecule has 0 bridgehead atoms. The lowest BCUT2D eigenvalue weighted by Gasteiger charge is -2.54. The van der Waals surface area contributed by atoms with Gasteiger partial charge in [0.15, 0.2) is 12.4 Å². The lowest BCUT2D eigenvalue weighted by Crippen LogP contribution is -2.61. The Bertz CT molecular complexity index is 2060. The van der Waals surface area contributed by atoms with Crippen LogP contribution in [0.5, 0.6) is 5.75 Å². The first-order chi connectivity index (χ1) is 25.0. The molecule has 4 saturated heterocycles. The third kappa shape index (κ3) is 5.82. The first-order valence-corrected chi connectivity index (χ1v) is 18.3. The summed E-state index contributed by atoms with van der Waals surface area (Å²) in [6, 6.07) is 6.14. The third-order valence-electron chi connectivity index (χ3n) is 11.9. The Morgan fingerprint density at radius 3 is 2.48 bits per heavy atom. The number of nitrogens with one attached hydrogen (secondary N) is 1. The van der Waals surface area contributed by atoms with Crippen molar-refractivity contribution in [1.29, 1.82) is 0 Å². The molecule has 6 heterocycles. The first kappa shape index (κ1) is 33.4. The summed E-state index contributed by atoms with van der Waals surface area (Å²) in [5, 5.41) is 8.78. The molecular formula is C38H42F4N8O2. The molecule has 1 atom stereocenters. The number of rotatable bonds is 8. The molecule has 5 fully saturated rings. The zero-order valence-corrected chi connectivity index (χ0v) is 29.2. The van der Waals surface area contributed by atoms with E-state index in [9.17, 15) is 22.4 Å². The number of ether oxygens (including phenoxy) is 1. The van der Waals surface area contributed by atoms with Crippen LogP contribution in [0.3, 0.4) is 0 Å². The Hall–Kier alpha value is -4.46. The van der Waals surface area contributed by atoms with E-state index in [0.717, 1.165) is 53.3 Å². The average Bonchev–Trinajstić information content (AvgIpc) is 3.67. The first-order valence-electron chi connectivity index (χ1n) is 18.3. The number of likely N-dealkylation sites (tertiary alicyclic amines) is 2. The molecule has 274 valence electrons. The van der Waals surface area contributed by atoms with E-state index in [2.05, 4.69) is 32.6 Å². The van der Waals surface area contributed by atoms with Crippen molar-refractivity contribution in [3.8, 4) is 16.9 Å². The summed E-state index contributed by atoms with van der Waals surface area (Å²) in [5.41, 5.74) is 4.41. The van der Waals surface area contributed by atoms with Gasteiger partial charge < -0.3 is 19.4 Å². The molecule has 1 aliphatic carbocycles. The second-order valence-electron chi connectivity index (χ2n) is 15.5. The predicted octanol–water partition coefficient (Wildman–Crippen LogP) is 6.15. The van der Waals surface area contributed by atoms with Crippen molar-refractivity contribution >= 4 is 39.5 Å². The van der Waals surface area contributed by atoms with Crippen molar-refractivity contribution in [2.45, 2.75) is 63.3 Å². The molecule has 14 heteroatoms. The lowest BCUT2D eigenvalue weighted by molar-refractivity contribution is -0.153. The summed E-state index contributed by atoms with van der Waals surface area (Å²) < 4.78 is 62.2. The second-order valence-corrected chi connectivity index (χ2v) is 15.5. The van der Waals surface area contributed by atoms with E-state index in [4.69, 9.17) is 14.7 Å². The van der Waals surface area contributed by atoms with Crippen molar-refractivity contribution in [3.05, 3.63) is 48.2 Å². The Balaban J connectivity index is 1.18. The number of H-pyrrole nitrogens is 1. The highest BCUT2D eigenvalue weighted by Gasteiger charge is 2.47. The minimum absolute atomic E-state index is 0.0314. The van der Waals surface area contributed by atoms with Crippen LogP contribution in [-0.2, 0) is 4.79 Å². The van der Waals surface area contributed by atoms with E-state index < -0.39 is 19.0 Å². The largest absolute Gasteiger partial charge is 0.481 e. The van der Waals surface area contributed by atoms with Crippen LogP contribution in [0, 0.1) is 12.3 Å². The number of nitrogens with zero attached hydrogens (tertiary/aromatic N) is 7. The Morgan fingerprint density at radius 1 is 1.04 bits per heavy atom. The number of aryl methyl sites for hydroxylation is 1. The van der Waals surface area contributed by atoms with Crippen LogP contribution in [0.15, 0.2) is 37.1 Å². The molecular weight excluding hydrogens is 676 g/mol. The fourth-order valence-corrected chi connectivity index (χ4v) is 8.82. The molecule has 0 radical (unpaired) electrons. The molecule has 1 N–H and O–H groups in total. The number of halogens is 4. The third-order valence-corrected chi connectivity index (χ3v) is 11.9. The number of fused-ring (bicyclic) bond motifs is 2. The van der Waals surface area contributed by atoms with Crippen molar-refractivity contribution in [1.82, 2.24) is 30.0 Å². The smallest absolute Gasteiger partial charge is 0.422 e. The number of alkyl halides is 4. The quantitative estimate of drug-likeness (QED) is 0.172. The van der Waals surface area contributed by atoms with Gasteiger partial charge in [-0.2, -0.15) is 23.3 Å². The van der Waals surface area contributed by atoms with Gasteiger partial charge in [-0.25, -0.2) is 9.37 Å². The normalized spacial score (nSPS) is 22.3. The number of aromatic amines is 1. The molecule has 4 aliphatic heterocycles. The molecule has 5 aliphatic rings. The van der Waals surface area contributed by atoms with Gasteiger partial charge in [0.1, 0.15) is 17.5 Å². The SMILES string of the molecule is C=CC(=O)N1CC2(CCN(c3nc(N4CC(N5CC[C@H](F)C5)C4)nc4c(OCC(F)(F)F)c(-c5c(C)ccc6[nH]ncc56)c(C5CC5)cc34)CC2)C1. The fraction of sp³-hybridized carbons (Fsp3) is 0.526. The maximum Gasteiger partial charge on any atom is 0.422 e. The number of benzene rings is 2. The van der Waals surface area contributed by atoms with Crippen molar-refractivity contribution < 1.29 is 27.1 Å². The van der Waals surface area contributed by atoms with Crippen LogP contribution >= 0.6 is 0 Å². The number of anilines is 2. The van der Waals surface area contributed by atoms with Gasteiger partial charge in [0.05, 0.1) is 11.7 Å². The van der Waals surface area contributed by atoms with Crippen molar-refractivity contribution in [2.24, 2.45) is 5.41 Å². The van der Waals surface area contributed by atoms with Crippen LogP contribution < -0.4 is 14.5 Å². The Labute approximate surface area is 298 Å². The zero-order chi connectivity index (χ0) is 35.9. The number of carbonyl (C=O) groups excluding carboxylic acids is 1. The topological polar surface area (TPSA) is 93.7 Å². The molecule has 10 nitrogen and oxygen atoms in total. The standard InChI is InChI=1S/C38H42F4N8O2/c1-3-30(51)50-19-37(20-50)9-12-47(13-10-37)35-27-14-26(23-5-6-23)32(31-22(2)4-7-29-28(31)15-43-46-29)34(52-21-38(40,41)42)33(27)44-36(45-35)49-17-25(18-49)48-11-8-24(39)16-48/h3-4,7,14-15,23-25H,1,5-6,8-13,16-21H2,2H3,(H,43,46)/t24-/m0/s1. The van der Waals surface area contributed by atoms with Gasteiger partial charge in [-0.15, -0.1) is 0 Å². The van der Waals surface area contributed by atoms with E-state index in [-0.39, 0.29) is 29.0 Å². The number of piperidine rings is 1. The van der Waals surface area contributed by atoms with Crippen LogP contribution in [-0.4, -0.2) is 113 Å². The van der Waals surface area contributed by atoms with Crippen molar-refractivity contribution in [2.75, 3.05) is 68.8 Å². The van der Waals surface area contributed by atoms with Crippen LogP contribution in [0.4, 0.5) is 29.3 Å². The number of aromatic nitrogens is 4. The van der Waals surface area contributed by atoms with Gasteiger partial charge in [-0.1, -0.05) is 12.6 Å². The van der Waals surface area contributed by atoms with Gasteiger partial charge in [0.2, 0.25) is 11.9 Å². The second kappa shape index (κ2) is 12.3. The van der Waals surface area contributed by atoms with E-state index in [1.165, 1.54) is 6.08 Å². The summed E-state index contributed by atoms with van der Waals surface area (Å²) in [6.45, 7) is 9.20. The van der Waals surface area contributed by atoms with E-state index in [0.29, 0.717) is 87.0 Å². The Morgan fingerprint density at radius 2 is 1.81 bits per heavy atom. The molecule has 4 aromatic rings. The summed E-state index contributed by atoms with van der Waals surface area (Å²) in [5.74, 6) is 1.33. The summed E-state index contributed by atoms with van der Waals surface area (Å²) in [7, 11) is 0. The fourth-order valence-electron chi connectivity index (χ4n) is 8.82. The van der Waals surface area contributed by atoms with Crippen LogP contribution in [0.25, 0.3) is 32.9 Å². The highest BCUT2D eigenvalue weighted by molar-refractivity contribution is 6.06. The number of carbonyl (C=O) groups is 1. The van der Waals surface area contributed by atoms with Crippen LogP contribution in [0.1, 0.15) is 49.1 Å².